The van der Waals surface area contributed by atoms with Gasteiger partial charge in [-0.2, -0.15) is 0 Å². The molecule has 0 radical (unpaired) electrons. The second-order valence-electron chi connectivity index (χ2n) is 3.50. The monoisotopic (exact) mass is 190 g/mol. The van der Waals surface area contributed by atoms with Crippen LogP contribution in [0.15, 0.2) is 36.4 Å². The van der Waals surface area contributed by atoms with Crippen LogP contribution in [-0.4, -0.2) is 6.54 Å². The highest BCUT2D eigenvalue weighted by Gasteiger charge is 1.97. The van der Waals surface area contributed by atoms with Crippen LogP contribution >= 0.6 is 0 Å². The highest BCUT2D eigenvalue weighted by Crippen LogP contribution is 2.14. The van der Waals surface area contributed by atoms with Crippen LogP contribution in [0, 0.1) is 0 Å². The first-order chi connectivity index (χ1) is 6.74. The summed E-state index contributed by atoms with van der Waals surface area (Å²) in [6, 6.07) is 8.12. The molecule has 0 amide bonds. The van der Waals surface area contributed by atoms with Gasteiger partial charge in [0.2, 0.25) is 0 Å². The minimum absolute atomic E-state index is 0.580. The normalized spacial score (nSPS) is 9.86. The van der Waals surface area contributed by atoms with Crippen molar-refractivity contribution in [3.8, 4) is 0 Å². The Morgan fingerprint density at radius 1 is 1.43 bits per heavy atom. The third kappa shape index (κ3) is 3.23. The summed E-state index contributed by atoms with van der Waals surface area (Å²) in [5.74, 6) is 0. The molecule has 0 aromatic heterocycles. The average molecular weight is 190 g/mol. The van der Waals surface area contributed by atoms with E-state index in [0.717, 1.165) is 24.2 Å². The molecule has 0 aliphatic heterocycles. The Hall–Kier alpha value is -1.28. The lowest BCUT2D eigenvalue weighted by molar-refractivity contribution is 0.988. The first-order valence-corrected chi connectivity index (χ1v) is 4.90. The van der Waals surface area contributed by atoms with Crippen LogP contribution in [0.2, 0.25) is 0 Å². The fourth-order valence-corrected chi connectivity index (χ4v) is 1.28. The molecule has 76 valence electrons. The van der Waals surface area contributed by atoms with Gasteiger partial charge in [0.1, 0.15) is 0 Å². The van der Waals surface area contributed by atoms with E-state index in [0.29, 0.717) is 6.54 Å². The summed E-state index contributed by atoms with van der Waals surface area (Å²) in [6.45, 7) is 7.40. The van der Waals surface area contributed by atoms with Crippen molar-refractivity contribution in [1.29, 1.82) is 0 Å². The zero-order valence-electron chi connectivity index (χ0n) is 8.72. The summed E-state index contributed by atoms with van der Waals surface area (Å²) < 4.78 is 0. The molecule has 1 rings (SSSR count). The summed E-state index contributed by atoms with van der Waals surface area (Å²) in [5, 5.41) is 3.35. The molecule has 14 heavy (non-hydrogen) atoms. The predicted octanol–water partition coefficient (Wildman–Crippen LogP) is 2.52. The van der Waals surface area contributed by atoms with Gasteiger partial charge in [-0.15, -0.1) is 6.58 Å². The molecule has 0 atom stereocenters. The number of nitrogens with one attached hydrogen (secondary N) is 1. The number of hydrogen-bond donors (Lipinski definition) is 2. The van der Waals surface area contributed by atoms with Crippen LogP contribution in [0.3, 0.4) is 0 Å². The van der Waals surface area contributed by atoms with Crippen LogP contribution in [0.1, 0.15) is 18.9 Å². The minimum atomic E-state index is 0.580. The van der Waals surface area contributed by atoms with E-state index >= 15 is 0 Å². The van der Waals surface area contributed by atoms with Crippen molar-refractivity contribution >= 4 is 5.69 Å². The fourth-order valence-electron chi connectivity index (χ4n) is 1.28. The lowest BCUT2D eigenvalue weighted by Gasteiger charge is -2.10. The summed E-state index contributed by atoms with van der Waals surface area (Å²) in [4.78, 5) is 0. The minimum Gasteiger partial charge on any atom is -0.384 e. The molecular weight excluding hydrogens is 172 g/mol. The highest BCUT2D eigenvalue weighted by molar-refractivity contribution is 5.50. The average Bonchev–Trinajstić information content (AvgIpc) is 2.18. The summed E-state index contributed by atoms with van der Waals surface area (Å²) in [6.07, 6.45) is 0.999. The maximum atomic E-state index is 5.62. The maximum Gasteiger partial charge on any atom is 0.0385 e. The Bertz CT molecular complexity index is 305. The van der Waals surface area contributed by atoms with Gasteiger partial charge < -0.3 is 11.1 Å². The zero-order chi connectivity index (χ0) is 10.4. The molecule has 2 nitrogen and oxygen atoms in total. The highest BCUT2D eigenvalue weighted by atomic mass is 14.9. The Morgan fingerprint density at radius 3 is 2.79 bits per heavy atom. The van der Waals surface area contributed by atoms with Gasteiger partial charge in [0.05, 0.1) is 0 Å². The molecule has 3 N–H and O–H groups in total. The molecule has 1 aromatic rings. The van der Waals surface area contributed by atoms with Crippen molar-refractivity contribution in [1.82, 2.24) is 0 Å². The van der Waals surface area contributed by atoms with Gasteiger partial charge in [-0.25, -0.2) is 0 Å². The SMILES string of the molecule is C=C(C)CCNc1ccccc1CN. The van der Waals surface area contributed by atoms with E-state index in [2.05, 4.69) is 18.0 Å². The van der Waals surface area contributed by atoms with Crippen LogP contribution in [-0.2, 0) is 6.54 Å². The van der Waals surface area contributed by atoms with Crippen molar-refractivity contribution in [2.24, 2.45) is 5.73 Å². The Morgan fingerprint density at radius 2 is 2.14 bits per heavy atom. The molecule has 0 saturated carbocycles. The predicted molar refractivity (Wildman–Crippen MR) is 62.3 cm³/mol. The number of rotatable bonds is 5. The molecule has 0 heterocycles. The lowest BCUT2D eigenvalue weighted by atomic mass is 10.1. The molecule has 0 fully saturated rings. The smallest absolute Gasteiger partial charge is 0.0385 e. The van der Waals surface area contributed by atoms with E-state index in [9.17, 15) is 0 Å². The number of nitrogens with two attached hydrogens (primary N) is 1. The van der Waals surface area contributed by atoms with Gasteiger partial charge in [-0.3, -0.25) is 0 Å². The van der Waals surface area contributed by atoms with Crippen LogP contribution in [0.4, 0.5) is 5.69 Å². The zero-order valence-corrected chi connectivity index (χ0v) is 8.72. The first-order valence-electron chi connectivity index (χ1n) is 4.90. The maximum absolute atomic E-state index is 5.62. The van der Waals surface area contributed by atoms with Crippen molar-refractivity contribution in [2.75, 3.05) is 11.9 Å². The van der Waals surface area contributed by atoms with E-state index in [1.807, 2.05) is 25.1 Å². The second-order valence-corrected chi connectivity index (χ2v) is 3.50. The second kappa shape index (κ2) is 5.45. The first kappa shape index (κ1) is 10.8. The van der Waals surface area contributed by atoms with Crippen molar-refractivity contribution in [3.63, 3.8) is 0 Å². The van der Waals surface area contributed by atoms with E-state index in [1.165, 1.54) is 5.57 Å². The summed E-state index contributed by atoms with van der Waals surface area (Å²) >= 11 is 0. The Kier molecular flexibility index (Phi) is 4.20. The number of benzene rings is 1. The van der Waals surface area contributed by atoms with Crippen molar-refractivity contribution < 1.29 is 0 Å². The number of para-hydroxylation sites is 1. The molecule has 0 aliphatic rings. The van der Waals surface area contributed by atoms with Gasteiger partial charge in [0, 0.05) is 18.8 Å². The fraction of sp³-hybridized carbons (Fsp3) is 0.333. The van der Waals surface area contributed by atoms with Gasteiger partial charge in [0.25, 0.3) is 0 Å². The van der Waals surface area contributed by atoms with E-state index in [1.54, 1.807) is 0 Å². The molecule has 1 aromatic carbocycles. The quantitative estimate of drug-likeness (QED) is 0.700. The van der Waals surface area contributed by atoms with Crippen LogP contribution in [0.25, 0.3) is 0 Å². The lowest BCUT2D eigenvalue weighted by Crippen LogP contribution is -2.06. The van der Waals surface area contributed by atoms with Gasteiger partial charge >= 0.3 is 0 Å². The Balaban J connectivity index is 2.53. The van der Waals surface area contributed by atoms with E-state index in [-0.39, 0.29) is 0 Å². The molecule has 0 aliphatic carbocycles. The standard InChI is InChI=1S/C12H18N2/c1-10(2)7-8-14-12-6-4-3-5-11(12)9-13/h3-6,14H,1,7-9,13H2,2H3. The van der Waals surface area contributed by atoms with Crippen LogP contribution in [0.5, 0.6) is 0 Å². The molecule has 0 spiro atoms. The van der Waals surface area contributed by atoms with Gasteiger partial charge in [0.15, 0.2) is 0 Å². The third-order valence-electron chi connectivity index (χ3n) is 2.10. The summed E-state index contributed by atoms with van der Waals surface area (Å²) in [5.41, 5.74) is 9.12. The van der Waals surface area contributed by atoms with Gasteiger partial charge in [-0.1, -0.05) is 23.8 Å². The van der Waals surface area contributed by atoms with Gasteiger partial charge in [-0.05, 0) is 25.0 Å². The topological polar surface area (TPSA) is 38.0 Å². The number of hydrogen-bond acceptors (Lipinski definition) is 2. The molecular formula is C12H18N2. The largest absolute Gasteiger partial charge is 0.384 e. The van der Waals surface area contributed by atoms with Crippen molar-refractivity contribution in [2.45, 2.75) is 19.9 Å². The molecule has 0 saturated heterocycles. The number of anilines is 1. The molecule has 0 unspecified atom stereocenters. The molecule has 2 heteroatoms. The Labute approximate surface area is 85.8 Å². The van der Waals surface area contributed by atoms with E-state index < -0.39 is 0 Å². The van der Waals surface area contributed by atoms with Crippen LogP contribution < -0.4 is 11.1 Å². The van der Waals surface area contributed by atoms with E-state index in [4.69, 9.17) is 5.73 Å². The molecule has 0 bridgehead atoms. The van der Waals surface area contributed by atoms with Crippen molar-refractivity contribution in [3.05, 3.63) is 42.0 Å². The summed E-state index contributed by atoms with van der Waals surface area (Å²) in [7, 11) is 0. The third-order valence-corrected chi connectivity index (χ3v) is 2.10.